The molecule has 0 saturated heterocycles. The average molecular weight is 465 g/mol. The number of aromatic nitrogens is 1. The first-order chi connectivity index (χ1) is 15.2. The normalized spacial score (nSPS) is 19.5. The minimum Gasteiger partial charge on any atom is -0.444 e. The van der Waals surface area contributed by atoms with Crippen molar-refractivity contribution in [3.8, 4) is 0 Å². The Bertz CT molecular complexity index is 731. The van der Waals surface area contributed by atoms with Crippen molar-refractivity contribution in [3.63, 3.8) is 0 Å². The van der Waals surface area contributed by atoms with Gasteiger partial charge >= 0.3 is 6.09 Å². The maximum absolute atomic E-state index is 13.5. The van der Waals surface area contributed by atoms with E-state index in [-0.39, 0.29) is 11.8 Å². The average Bonchev–Trinajstić information content (AvgIpc) is 3.17. The Balaban J connectivity index is 1.81. The van der Waals surface area contributed by atoms with Crippen LogP contribution < -0.4 is 16.4 Å². The Kier molecular flexibility index (Phi) is 8.79. The third-order valence-electron chi connectivity index (χ3n) is 6.74. The topological polar surface area (TPSA) is 106 Å². The number of nitrogens with one attached hydrogen (secondary N) is 2. The van der Waals surface area contributed by atoms with Gasteiger partial charge in [-0.05, 0) is 38.5 Å². The van der Waals surface area contributed by atoms with Crippen LogP contribution in [0.3, 0.4) is 0 Å². The van der Waals surface area contributed by atoms with E-state index < -0.39 is 17.7 Å². The molecule has 0 aliphatic heterocycles. The van der Waals surface area contributed by atoms with Gasteiger partial charge in [0.15, 0.2) is 5.13 Å². The number of hydrogen-bond donors (Lipinski definition) is 3. The molecule has 1 atom stereocenters. The molecule has 2 aliphatic carbocycles. The summed E-state index contributed by atoms with van der Waals surface area (Å²) in [7, 11) is 0. The summed E-state index contributed by atoms with van der Waals surface area (Å²) >= 11 is 1.37. The van der Waals surface area contributed by atoms with Crippen LogP contribution in [0.15, 0.2) is 6.20 Å². The summed E-state index contributed by atoms with van der Waals surface area (Å²) in [5.74, 6) is 0.909. The van der Waals surface area contributed by atoms with Crippen LogP contribution in [0.4, 0.5) is 9.93 Å². The maximum atomic E-state index is 13.5. The fourth-order valence-electron chi connectivity index (χ4n) is 5.43. The molecule has 4 N–H and O–H groups in total. The van der Waals surface area contributed by atoms with Crippen molar-refractivity contribution < 1.29 is 14.3 Å². The van der Waals surface area contributed by atoms with Gasteiger partial charge in [0.05, 0.1) is 6.54 Å². The number of anilines is 1. The number of carbonyl (C=O) groups excluding carboxylic acids is 2. The van der Waals surface area contributed by atoms with E-state index in [1.54, 1.807) is 6.20 Å². The predicted octanol–water partition coefficient (Wildman–Crippen LogP) is 5.01. The van der Waals surface area contributed by atoms with Crippen LogP contribution >= 0.6 is 11.3 Å². The lowest BCUT2D eigenvalue weighted by Crippen LogP contribution is -2.55. The summed E-state index contributed by atoms with van der Waals surface area (Å²) in [4.78, 5) is 31.3. The summed E-state index contributed by atoms with van der Waals surface area (Å²) in [5, 5.41) is 6.53. The van der Waals surface area contributed by atoms with Crippen molar-refractivity contribution in [2.45, 2.75) is 103 Å². The summed E-state index contributed by atoms with van der Waals surface area (Å²) < 4.78 is 5.55. The van der Waals surface area contributed by atoms with Crippen molar-refractivity contribution in [1.29, 1.82) is 0 Å². The third kappa shape index (κ3) is 7.36. The van der Waals surface area contributed by atoms with Gasteiger partial charge in [-0.25, -0.2) is 9.78 Å². The third-order valence-corrected chi connectivity index (χ3v) is 7.56. The number of rotatable bonds is 7. The van der Waals surface area contributed by atoms with E-state index in [1.807, 2.05) is 20.8 Å². The zero-order chi connectivity index (χ0) is 23.1. The Morgan fingerprint density at radius 3 is 2.12 bits per heavy atom. The summed E-state index contributed by atoms with van der Waals surface area (Å²) in [5.41, 5.74) is 5.12. The molecule has 7 nitrogen and oxygen atoms in total. The molecule has 1 aromatic heterocycles. The molecule has 3 rings (SSSR count). The van der Waals surface area contributed by atoms with Crippen LogP contribution in [0.2, 0.25) is 0 Å². The highest BCUT2D eigenvalue weighted by Gasteiger charge is 2.41. The van der Waals surface area contributed by atoms with E-state index in [9.17, 15) is 9.59 Å². The van der Waals surface area contributed by atoms with Gasteiger partial charge in [-0.15, -0.1) is 11.3 Å². The highest BCUT2D eigenvalue weighted by Crippen LogP contribution is 2.42. The summed E-state index contributed by atoms with van der Waals surface area (Å²) in [6.07, 6.45) is 13.0. The number of nitrogens with two attached hydrogens (primary N) is 1. The second kappa shape index (κ2) is 11.3. The van der Waals surface area contributed by atoms with Gasteiger partial charge in [0.1, 0.15) is 11.6 Å². The molecule has 2 fully saturated rings. The number of amides is 2. The first kappa shape index (κ1) is 24.8. The molecule has 180 valence electrons. The number of carbonyl (C=O) groups is 2. The lowest BCUT2D eigenvalue weighted by atomic mass is 9.66. The first-order valence-corrected chi connectivity index (χ1v) is 13.0. The zero-order valence-corrected chi connectivity index (χ0v) is 20.6. The van der Waals surface area contributed by atoms with Gasteiger partial charge < -0.3 is 21.1 Å². The summed E-state index contributed by atoms with van der Waals surface area (Å²) in [6, 6.07) is -0.596. The first-order valence-electron chi connectivity index (χ1n) is 12.2. The van der Waals surface area contributed by atoms with Crippen molar-refractivity contribution in [3.05, 3.63) is 11.1 Å². The number of alkyl carbamates (subject to hydrolysis) is 1. The molecular weight excluding hydrogens is 424 g/mol. The zero-order valence-electron chi connectivity index (χ0n) is 19.8. The molecule has 0 radical (unpaired) electrons. The molecule has 8 heteroatoms. The molecule has 0 bridgehead atoms. The molecule has 32 heavy (non-hydrogen) atoms. The second-order valence-electron chi connectivity index (χ2n) is 10.4. The van der Waals surface area contributed by atoms with Crippen LogP contribution in [0.1, 0.15) is 89.9 Å². The van der Waals surface area contributed by atoms with Crippen LogP contribution in [-0.2, 0) is 16.1 Å². The number of hydrogen-bond acceptors (Lipinski definition) is 6. The molecule has 1 heterocycles. The molecule has 2 amide bonds. The standard InChI is InChI=1S/C24H40N4O3S/c1-24(2,3)31-23(30)28-20(21(29)26-14-18-15-27-22(25)32-18)19(16-10-6-4-7-11-16)17-12-8-5-9-13-17/h15-17,19-20H,4-14H2,1-3H3,(H2,25,27)(H,26,29)(H,28,30)/t20-/m1/s1. The Labute approximate surface area is 196 Å². The van der Waals surface area contributed by atoms with Gasteiger partial charge in [-0.1, -0.05) is 64.2 Å². The van der Waals surface area contributed by atoms with Crippen molar-refractivity contribution in [2.75, 3.05) is 5.73 Å². The van der Waals surface area contributed by atoms with Crippen molar-refractivity contribution >= 4 is 28.5 Å². The van der Waals surface area contributed by atoms with Crippen LogP contribution in [-0.4, -0.2) is 28.6 Å². The van der Waals surface area contributed by atoms with E-state index in [0.29, 0.717) is 23.5 Å². The van der Waals surface area contributed by atoms with Crippen LogP contribution in [0.5, 0.6) is 0 Å². The molecule has 0 aromatic carbocycles. The predicted molar refractivity (Wildman–Crippen MR) is 128 cm³/mol. The van der Waals surface area contributed by atoms with Crippen molar-refractivity contribution in [2.24, 2.45) is 17.8 Å². The van der Waals surface area contributed by atoms with Gasteiger partial charge in [0.2, 0.25) is 5.91 Å². The Hall–Kier alpha value is -1.83. The fraction of sp³-hybridized carbons (Fsp3) is 0.792. The molecule has 2 saturated carbocycles. The van der Waals surface area contributed by atoms with Gasteiger partial charge in [-0.3, -0.25) is 4.79 Å². The quantitative estimate of drug-likeness (QED) is 0.526. The molecule has 0 spiro atoms. The largest absolute Gasteiger partial charge is 0.444 e. The Morgan fingerprint density at radius 2 is 1.66 bits per heavy atom. The minimum absolute atomic E-state index is 0.134. The second-order valence-corrected chi connectivity index (χ2v) is 11.5. The van der Waals surface area contributed by atoms with E-state index >= 15 is 0 Å². The van der Waals surface area contributed by atoms with E-state index in [4.69, 9.17) is 10.5 Å². The van der Waals surface area contributed by atoms with Crippen LogP contribution in [0.25, 0.3) is 0 Å². The fourth-order valence-corrected chi connectivity index (χ4v) is 6.05. The number of ether oxygens (including phenoxy) is 1. The highest BCUT2D eigenvalue weighted by atomic mass is 32.1. The Morgan fingerprint density at radius 1 is 1.09 bits per heavy atom. The minimum atomic E-state index is -0.615. The number of nitrogens with zero attached hydrogens (tertiary/aromatic N) is 1. The molecular formula is C24H40N4O3S. The molecule has 1 aromatic rings. The lowest BCUT2D eigenvalue weighted by molar-refractivity contribution is -0.126. The van der Waals surface area contributed by atoms with E-state index in [1.165, 1.54) is 49.9 Å². The van der Waals surface area contributed by atoms with Gasteiger partial charge in [0, 0.05) is 11.1 Å². The molecule has 2 aliphatic rings. The van der Waals surface area contributed by atoms with Gasteiger partial charge in [0.25, 0.3) is 0 Å². The van der Waals surface area contributed by atoms with Gasteiger partial charge in [-0.2, -0.15) is 0 Å². The SMILES string of the molecule is CC(C)(C)OC(=O)N[C@@H](C(=O)NCc1cnc(N)s1)C(C1CCCCC1)C1CCCCC1. The number of thiazole rings is 1. The summed E-state index contributed by atoms with van der Waals surface area (Å²) in [6.45, 7) is 5.89. The number of nitrogen functional groups attached to an aromatic ring is 1. The van der Waals surface area contributed by atoms with E-state index in [0.717, 1.165) is 30.6 Å². The smallest absolute Gasteiger partial charge is 0.408 e. The highest BCUT2D eigenvalue weighted by molar-refractivity contribution is 7.15. The lowest BCUT2D eigenvalue weighted by Gasteiger charge is -2.42. The monoisotopic (exact) mass is 464 g/mol. The van der Waals surface area contributed by atoms with Crippen LogP contribution in [0, 0.1) is 17.8 Å². The maximum Gasteiger partial charge on any atom is 0.408 e. The van der Waals surface area contributed by atoms with E-state index in [2.05, 4.69) is 15.6 Å². The molecule has 0 unspecified atom stereocenters. The van der Waals surface area contributed by atoms with Crippen molar-refractivity contribution in [1.82, 2.24) is 15.6 Å².